The molecule has 0 saturated heterocycles. The van der Waals surface area contributed by atoms with Crippen LogP contribution in [0, 0.1) is 15.5 Å². The average Bonchev–Trinajstić information content (AvgIpc) is 2.65. The molecule has 2 N–H and O–H groups in total. The molecule has 0 bridgehead atoms. The van der Waals surface area contributed by atoms with E-state index in [0.717, 1.165) is 5.75 Å². The molecule has 2 aliphatic rings. The van der Waals surface area contributed by atoms with E-state index in [1.807, 2.05) is 20.8 Å². The molecule has 0 fully saturated rings. The van der Waals surface area contributed by atoms with E-state index < -0.39 is 16.4 Å². The molecule has 1 aliphatic carbocycles. The highest BCUT2D eigenvalue weighted by atomic mass is 32.2. The van der Waals surface area contributed by atoms with E-state index >= 15 is 0 Å². The minimum absolute atomic E-state index is 0.103. The number of carbonyl (C=O) groups excluding carboxylic acids is 1. The van der Waals surface area contributed by atoms with Crippen molar-refractivity contribution in [2.24, 2.45) is 5.41 Å². The molecule has 2 heterocycles. The van der Waals surface area contributed by atoms with Crippen LogP contribution in [0.25, 0.3) is 0 Å². The molecule has 1 atom stereocenters. The fraction of sp³-hybridized carbons (Fsp3) is 0.381. The Kier molecular flexibility index (Phi) is 5.01. The Balaban J connectivity index is 2.01. The Labute approximate surface area is 177 Å². The van der Waals surface area contributed by atoms with Crippen LogP contribution in [0.2, 0.25) is 0 Å². The summed E-state index contributed by atoms with van der Waals surface area (Å²) < 4.78 is 0. The third-order valence-corrected chi connectivity index (χ3v) is 6.18. The molecular formula is C21H22N4O4S. The fourth-order valence-electron chi connectivity index (χ4n) is 4.31. The van der Waals surface area contributed by atoms with Crippen LogP contribution in [0.15, 0.2) is 45.5 Å². The highest BCUT2D eigenvalue weighted by molar-refractivity contribution is 7.99. The van der Waals surface area contributed by atoms with Crippen LogP contribution < -0.4 is 10.9 Å². The molecule has 1 aromatic carbocycles. The van der Waals surface area contributed by atoms with E-state index in [2.05, 4.69) is 15.3 Å². The van der Waals surface area contributed by atoms with E-state index in [-0.39, 0.29) is 22.4 Å². The number of nitro benzene ring substituents is 1. The van der Waals surface area contributed by atoms with Gasteiger partial charge in [0.1, 0.15) is 5.82 Å². The summed E-state index contributed by atoms with van der Waals surface area (Å²) in [5.74, 6) is 0.156. The molecule has 0 radical (unpaired) electrons. The van der Waals surface area contributed by atoms with Crippen LogP contribution >= 0.6 is 11.8 Å². The Morgan fingerprint density at radius 2 is 2.00 bits per heavy atom. The number of hydrogen-bond acceptors (Lipinski definition) is 7. The minimum atomic E-state index is -0.835. The largest absolute Gasteiger partial charge is 0.343 e. The summed E-state index contributed by atoms with van der Waals surface area (Å²) in [4.78, 5) is 44.9. The van der Waals surface area contributed by atoms with E-state index in [9.17, 15) is 19.7 Å². The number of ketones is 1. The van der Waals surface area contributed by atoms with E-state index in [1.165, 1.54) is 17.8 Å². The van der Waals surface area contributed by atoms with Gasteiger partial charge in [-0.3, -0.25) is 19.7 Å². The number of carbonyl (C=O) groups is 1. The zero-order chi connectivity index (χ0) is 21.6. The number of anilines is 1. The molecule has 2 aromatic rings. The van der Waals surface area contributed by atoms with Crippen molar-refractivity contribution in [2.45, 2.75) is 44.7 Å². The van der Waals surface area contributed by atoms with Crippen molar-refractivity contribution in [3.63, 3.8) is 0 Å². The summed E-state index contributed by atoms with van der Waals surface area (Å²) in [6, 6.07) is 6.28. The molecule has 1 aromatic heterocycles. The van der Waals surface area contributed by atoms with Gasteiger partial charge in [-0.25, -0.2) is 4.98 Å². The molecular weight excluding hydrogens is 404 g/mol. The first-order chi connectivity index (χ1) is 14.2. The zero-order valence-electron chi connectivity index (χ0n) is 16.9. The number of fused-ring (bicyclic) bond motifs is 1. The topological polar surface area (TPSA) is 118 Å². The number of aromatic nitrogens is 2. The maximum atomic E-state index is 13.2. The lowest BCUT2D eigenvalue weighted by Crippen LogP contribution is -2.37. The minimum Gasteiger partial charge on any atom is -0.343 e. The van der Waals surface area contributed by atoms with Crippen molar-refractivity contribution < 1.29 is 9.72 Å². The molecule has 0 unspecified atom stereocenters. The zero-order valence-corrected chi connectivity index (χ0v) is 17.8. The molecule has 1 aliphatic heterocycles. The van der Waals surface area contributed by atoms with E-state index in [0.29, 0.717) is 40.6 Å². The second-order valence-corrected chi connectivity index (χ2v) is 9.53. The first-order valence-electron chi connectivity index (χ1n) is 9.75. The molecule has 4 rings (SSSR count). The first-order valence-corrected chi connectivity index (χ1v) is 10.7. The number of para-hydroxylation sites is 1. The van der Waals surface area contributed by atoms with Gasteiger partial charge in [0.05, 0.1) is 16.4 Å². The molecule has 0 amide bonds. The fourth-order valence-corrected chi connectivity index (χ4v) is 4.90. The van der Waals surface area contributed by atoms with Gasteiger partial charge >= 0.3 is 0 Å². The van der Waals surface area contributed by atoms with Gasteiger partial charge in [0, 0.05) is 29.3 Å². The van der Waals surface area contributed by atoms with Gasteiger partial charge in [-0.1, -0.05) is 50.7 Å². The Morgan fingerprint density at radius 3 is 2.70 bits per heavy atom. The lowest BCUT2D eigenvalue weighted by molar-refractivity contribution is -0.385. The monoisotopic (exact) mass is 426 g/mol. The van der Waals surface area contributed by atoms with Gasteiger partial charge in [-0.15, -0.1) is 0 Å². The third-order valence-electron chi connectivity index (χ3n) is 5.43. The first kappa shape index (κ1) is 20.3. The number of aromatic amines is 1. The van der Waals surface area contributed by atoms with Gasteiger partial charge < -0.3 is 10.3 Å². The molecule has 9 heteroatoms. The molecule has 0 spiro atoms. The van der Waals surface area contributed by atoms with Crippen molar-refractivity contribution in [3.8, 4) is 0 Å². The number of allylic oxidation sites excluding steroid dienone is 2. The summed E-state index contributed by atoms with van der Waals surface area (Å²) in [5.41, 5.74) is 0.930. The van der Waals surface area contributed by atoms with Crippen molar-refractivity contribution in [1.82, 2.24) is 9.97 Å². The smallest absolute Gasteiger partial charge is 0.273 e. The van der Waals surface area contributed by atoms with Gasteiger partial charge in [-0.2, -0.15) is 0 Å². The number of nitrogens with zero attached hydrogens (tertiary/aromatic N) is 2. The summed E-state index contributed by atoms with van der Waals surface area (Å²) in [6.07, 6.45) is 0.907. The average molecular weight is 426 g/mol. The molecule has 156 valence electrons. The summed E-state index contributed by atoms with van der Waals surface area (Å²) in [5, 5.41) is 15.4. The predicted molar refractivity (Wildman–Crippen MR) is 115 cm³/mol. The summed E-state index contributed by atoms with van der Waals surface area (Å²) >= 11 is 1.40. The maximum Gasteiger partial charge on any atom is 0.273 e. The maximum absolute atomic E-state index is 13.2. The number of nitro groups is 1. The van der Waals surface area contributed by atoms with Crippen LogP contribution in [0.1, 0.15) is 50.7 Å². The standard InChI is InChI=1S/C21H22N4O4S/c1-4-30-20-23-18-17(19(27)24-20)15(11-7-5-6-8-13(11)25(28)29)16-12(22-18)9-21(2,3)10-14(16)26/h5-8,15H,4,9-10H2,1-3H3,(H2,22,23,24,27)/t15-/m0/s1. The van der Waals surface area contributed by atoms with Gasteiger partial charge in [0.15, 0.2) is 10.9 Å². The second kappa shape index (κ2) is 7.39. The van der Waals surface area contributed by atoms with Crippen molar-refractivity contribution in [3.05, 3.63) is 67.1 Å². The molecule has 0 saturated carbocycles. The normalized spacial score (nSPS) is 19.7. The lowest BCUT2D eigenvalue weighted by atomic mass is 9.69. The van der Waals surface area contributed by atoms with Crippen LogP contribution in [0.3, 0.4) is 0 Å². The van der Waals surface area contributed by atoms with Crippen molar-refractivity contribution >= 4 is 29.1 Å². The quantitative estimate of drug-likeness (QED) is 0.328. The van der Waals surface area contributed by atoms with Crippen LogP contribution in [-0.4, -0.2) is 26.4 Å². The van der Waals surface area contributed by atoms with Crippen LogP contribution in [-0.2, 0) is 4.79 Å². The number of hydrogen-bond donors (Lipinski definition) is 2. The SMILES string of the molecule is CCSc1nc2c(c(=O)[nH]1)[C@@H](c1ccccc1[N+](=O)[O-])C1=C(CC(C)(C)CC1=O)N2. The third kappa shape index (κ3) is 3.43. The van der Waals surface area contributed by atoms with Gasteiger partial charge in [0.25, 0.3) is 11.2 Å². The van der Waals surface area contributed by atoms with Crippen LogP contribution in [0.4, 0.5) is 11.5 Å². The van der Waals surface area contributed by atoms with Gasteiger partial charge in [-0.05, 0) is 17.6 Å². The number of nitrogens with one attached hydrogen (secondary N) is 2. The van der Waals surface area contributed by atoms with E-state index in [1.54, 1.807) is 18.2 Å². The van der Waals surface area contributed by atoms with Crippen molar-refractivity contribution in [1.29, 1.82) is 0 Å². The Morgan fingerprint density at radius 1 is 1.27 bits per heavy atom. The Hall–Kier alpha value is -2.94. The second-order valence-electron chi connectivity index (χ2n) is 8.27. The van der Waals surface area contributed by atoms with E-state index in [4.69, 9.17) is 0 Å². The molecule has 8 nitrogen and oxygen atoms in total. The highest BCUT2D eigenvalue weighted by Gasteiger charge is 2.44. The predicted octanol–water partition coefficient (Wildman–Crippen LogP) is 3.99. The molecule has 30 heavy (non-hydrogen) atoms. The Bertz CT molecular complexity index is 1150. The number of H-pyrrole nitrogens is 1. The number of Topliss-reactive ketones (excluding diaryl/α,β-unsaturated/α-hetero) is 1. The highest BCUT2D eigenvalue weighted by Crippen LogP contribution is 2.49. The number of benzene rings is 1. The number of thioether (sulfide) groups is 1. The van der Waals surface area contributed by atoms with Crippen LogP contribution in [0.5, 0.6) is 0 Å². The lowest BCUT2D eigenvalue weighted by Gasteiger charge is -2.38. The summed E-state index contributed by atoms with van der Waals surface area (Å²) in [7, 11) is 0. The van der Waals surface area contributed by atoms with Crippen molar-refractivity contribution in [2.75, 3.05) is 11.1 Å². The van der Waals surface area contributed by atoms with Gasteiger partial charge in [0.2, 0.25) is 0 Å². The number of rotatable bonds is 4. The summed E-state index contributed by atoms with van der Waals surface area (Å²) in [6.45, 7) is 5.97.